The van der Waals surface area contributed by atoms with E-state index in [2.05, 4.69) is 5.32 Å². The first-order valence-corrected chi connectivity index (χ1v) is 9.81. The van der Waals surface area contributed by atoms with Crippen LogP contribution in [0.4, 0.5) is 0 Å². The Kier molecular flexibility index (Phi) is 8.82. The van der Waals surface area contributed by atoms with E-state index in [0.717, 1.165) is 0 Å². The number of rotatable bonds is 8. The van der Waals surface area contributed by atoms with Crippen LogP contribution in [0.25, 0.3) is 0 Å². The molecule has 1 N–H and O–H groups in total. The van der Waals surface area contributed by atoms with Gasteiger partial charge >= 0.3 is 17.9 Å². The molecule has 1 aromatic rings. The van der Waals surface area contributed by atoms with E-state index in [1.165, 1.54) is 34.8 Å². The van der Waals surface area contributed by atoms with Gasteiger partial charge in [-0.2, -0.15) is 0 Å². The minimum absolute atomic E-state index is 0.310. The summed E-state index contributed by atoms with van der Waals surface area (Å²) in [5.74, 6) is -1.57. The number of nitrogens with one attached hydrogen (secondary N) is 1. The lowest BCUT2D eigenvalue weighted by Crippen LogP contribution is -2.67. The average Bonchev–Trinajstić information content (AvgIpc) is 2.70. The Morgan fingerprint density at radius 2 is 1.56 bits per heavy atom. The molecule has 2 rings (SSSR count). The van der Waals surface area contributed by atoms with Crippen LogP contribution < -0.4 is 14.8 Å². The van der Waals surface area contributed by atoms with Crippen LogP contribution in [0.3, 0.4) is 0 Å². The number of methoxy groups -OCH3 is 1. The van der Waals surface area contributed by atoms with E-state index in [-0.39, 0.29) is 6.61 Å². The van der Waals surface area contributed by atoms with Gasteiger partial charge < -0.3 is 33.7 Å². The second kappa shape index (κ2) is 11.3. The zero-order valence-electron chi connectivity index (χ0n) is 18.5. The van der Waals surface area contributed by atoms with Crippen molar-refractivity contribution in [3.8, 4) is 11.5 Å². The lowest BCUT2D eigenvalue weighted by molar-refractivity contribution is -0.257. The van der Waals surface area contributed by atoms with Crippen molar-refractivity contribution in [1.29, 1.82) is 0 Å². The molecule has 0 unspecified atom stereocenters. The van der Waals surface area contributed by atoms with E-state index in [0.29, 0.717) is 11.5 Å². The average molecular weight is 453 g/mol. The number of hydrogen-bond donors (Lipinski definition) is 1. The molecular formula is C21H27NO10. The van der Waals surface area contributed by atoms with Crippen LogP contribution in [-0.4, -0.2) is 68.2 Å². The Hall–Kier alpha value is -3.34. The summed E-state index contributed by atoms with van der Waals surface area (Å²) in [6.07, 6.45) is -4.61. The predicted molar refractivity (Wildman–Crippen MR) is 108 cm³/mol. The van der Waals surface area contributed by atoms with Crippen molar-refractivity contribution >= 4 is 23.8 Å². The third kappa shape index (κ3) is 7.12. The van der Waals surface area contributed by atoms with Crippen LogP contribution in [0.1, 0.15) is 27.7 Å². The molecule has 5 atom stereocenters. The van der Waals surface area contributed by atoms with Crippen molar-refractivity contribution in [2.24, 2.45) is 0 Å². The maximum Gasteiger partial charge on any atom is 0.303 e. The molecule has 0 radical (unpaired) electrons. The summed E-state index contributed by atoms with van der Waals surface area (Å²) in [5, 5.41) is 2.63. The summed E-state index contributed by atoms with van der Waals surface area (Å²) in [5.41, 5.74) is 0. The van der Waals surface area contributed by atoms with E-state index in [4.69, 9.17) is 28.4 Å². The van der Waals surface area contributed by atoms with Gasteiger partial charge in [-0.1, -0.05) is 6.07 Å². The minimum Gasteiger partial charge on any atom is -0.497 e. The van der Waals surface area contributed by atoms with Crippen LogP contribution in [0, 0.1) is 0 Å². The number of esters is 3. The fourth-order valence-corrected chi connectivity index (χ4v) is 3.20. The number of benzene rings is 1. The van der Waals surface area contributed by atoms with Crippen molar-refractivity contribution in [3.63, 3.8) is 0 Å². The zero-order chi connectivity index (χ0) is 23.8. The van der Waals surface area contributed by atoms with Gasteiger partial charge in [0.15, 0.2) is 12.2 Å². The molecule has 176 valence electrons. The Bertz CT molecular complexity index is 842. The standard InChI is InChI=1S/C21H27NO10/c1-11(23)22-18-20(30-14(4)26)19(29-13(3)25)17(10-28-12(2)24)32-21(18)31-16-8-6-7-15(9-16)27-5/h6-9,17-21H,10H2,1-5H3,(H,22,23)/t17-,18-,19+,20-,21+/m0/s1. The number of carbonyl (C=O) groups excluding carboxylic acids is 4. The highest BCUT2D eigenvalue weighted by Gasteiger charge is 2.51. The van der Waals surface area contributed by atoms with Gasteiger partial charge in [-0.3, -0.25) is 19.2 Å². The molecule has 0 bridgehead atoms. The van der Waals surface area contributed by atoms with Gasteiger partial charge in [-0.15, -0.1) is 0 Å². The maximum atomic E-state index is 11.9. The molecule has 32 heavy (non-hydrogen) atoms. The number of carbonyl (C=O) groups is 4. The highest BCUT2D eigenvalue weighted by molar-refractivity contribution is 5.73. The fraction of sp³-hybridized carbons (Fsp3) is 0.524. The molecular weight excluding hydrogens is 426 g/mol. The van der Waals surface area contributed by atoms with Gasteiger partial charge in [-0.05, 0) is 12.1 Å². The van der Waals surface area contributed by atoms with Gasteiger partial charge in [-0.25, -0.2) is 0 Å². The van der Waals surface area contributed by atoms with Gasteiger partial charge in [0.1, 0.15) is 30.3 Å². The molecule has 0 spiro atoms. The number of hydrogen-bond acceptors (Lipinski definition) is 10. The molecule has 1 fully saturated rings. The number of ether oxygens (including phenoxy) is 6. The first-order valence-electron chi connectivity index (χ1n) is 9.81. The molecule has 1 aliphatic heterocycles. The summed E-state index contributed by atoms with van der Waals surface area (Å²) in [6.45, 7) is 4.50. The first kappa shape index (κ1) is 24.9. The lowest BCUT2D eigenvalue weighted by atomic mass is 9.96. The van der Waals surface area contributed by atoms with E-state index < -0.39 is 54.5 Å². The lowest BCUT2D eigenvalue weighted by Gasteiger charge is -2.44. The van der Waals surface area contributed by atoms with Gasteiger partial charge in [0.05, 0.1) is 7.11 Å². The Morgan fingerprint density at radius 1 is 0.938 bits per heavy atom. The SMILES string of the molecule is COc1cccc(O[C@@H]2O[C@@H](COC(C)=O)[C@@H](OC(C)=O)[C@@H](OC(C)=O)[C@@H]2NC(C)=O)c1. The van der Waals surface area contributed by atoms with E-state index in [9.17, 15) is 19.2 Å². The van der Waals surface area contributed by atoms with Crippen LogP contribution in [0.5, 0.6) is 11.5 Å². The normalized spacial score (nSPS) is 24.6. The highest BCUT2D eigenvalue weighted by atomic mass is 16.7. The van der Waals surface area contributed by atoms with Crippen LogP contribution in [-0.2, 0) is 38.1 Å². The molecule has 0 aromatic heterocycles. The van der Waals surface area contributed by atoms with Gasteiger partial charge in [0, 0.05) is 33.8 Å². The second-order valence-corrected chi connectivity index (χ2v) is 7.02. The van der Waals surface area contributed by atoms with Crippen LogP contribution in [0.2, 0.25) is 0 Å². The molecule has 0 aliphatic carbocycles. The summed E-state index contributed by atoms with van der Waals surface area (Å²) < 4.78 is 32.8. The topological polar surface area (TPSA) is 136 Å². The second-order valence-electron chi connectivity index (χ2n) is 7.02. The molecule has 1 aliphatic rings. The van der Waals surface area contributed by atoms with E-state index in [1.54, 1.807) is 24.3 Å². The van der Waals surface area contributed by atoms with Crippen LogP contribution in [0.15, 0.2) is 24.3 Å². The van der Waals surface area contributed by atoms with Gasteiger partial charge in [0.25, 0.3) is 0 Å². The summed E-state index contributed by atoms with van der Waals surface area (Å²) in [4.78, 5) is 46.8. The maximum absolute atomic E-state index is 11.9. The predicted octanol–water partition coefficient (Wildman–Crippen LogP) is 0.730. The summed E-state index contributed by atoms with van der Waals surface area (Å²) >= 11 is 0. The molecule has 11 nitrogen and oxygen atoms in total. The molecule has 1 amide bonds. The Morgan fingerprint density at radius 3 is 2.12 bits per heavy atom. The monoisotopic (exact) mass is 453 g/mol. The van der Waals surface area contributed by atoms with Crippen LogP contribution >= 0.6 is 0 Å². The molecule has 1 aromatic carbocycles. The van der Waals surface area contributed by atoms with Gasteiger partial charge in [0.2, 0.25) is 12.2 Å². The highest BCUT2D eigenvalue weighted by Crippen LogP contribution is 2.30. The van der Waals surface area contributed by atoms with Crippen molar-refractivity contribution in [1.82, 2.24) is 5.32 Å². The minimum atomic E-state index is -1.19. The largest absolute Gasteiger partial charge is 0.497 e. The summed E-state index contributed by atoms with van der Waals surface area (Å²) in [7, 11) is 1.49. The Balaban J connectivity index is 2.45. The van der Waals surface area contributed by atoms with Crippen molar-refractivity contribution in [2.45, 2.75) is 58.3 Å². The summed E-state index contributed by atoms with van der Waals surface area (Å²) in [6, 6.07) is 5.57. The molecule has 0 saturated carbocycles. The molecule has 11 heteroatoms. The van der Waals surface area contributed by atoms with Crippen molar-refractivity contribution in [2.75, 3.05) is 13.7 Å². The molecule has 1 heterocycles. The third-order valence-electron chi connectivity index (χ3n) is 4.36. The third-order valence-corrected chi connectivity index (χ3v) is 4.36. The zero-order valence-corrected chi connectivity index (χ0v) is 18.5. The smallest absolute Gasteiger partial charge is 0.303 e. The Labute approximate surface area is 185 Å². The van der Waals surface area contributed by atoms with Crippen molar-refractivity contribution < 1.29 is 47.6 Å². The first-order chi connectivity index (χ1) is 15.1. The number of amides is 1. The quantitative estimate of drug-likeness (QED) is 0.443. The van der Waals surface area contributed by atoms with Crippen molar-refractivity contribution in [3.05, 3.63) is 24.3 Å². The fourth-order valence-electron chi connectivity index (χ4n) is 3.20. The molecule has 1 saturated heterocycles. The van der Waals surface area contributed by atoms with E-state index in [1.807, 2.05) is 0 Å². The van der Waals surface area contributed by atoms with E-state index >= 15 is 0 Å².